The molecule has 104 valence electrons. The van der Waals surface area contributed by atoms with Crippen molar-refractivity contribution in [3.8, 4) is 0 Å². The van der Waals surface area contributed by atoms with Gasteiger partial charge in [-0.2, -0.15) is 0 Å². The standard InChI is InChI=1S/C14H21N3OS/c1-17(7-8-18-10-11-4-5-11)9-12-3-2-6-16-13(12)14(15)19/h2-3,6,11H,4-5,7-10H2,1H3,(H2,15,19). The van der Waals surface area contributed by atoms with Gasteiger partial charge in [0.2, 0.25) is 0 Å². The largest absolute Gasteiger partial charge is 0.388 e. The maximum atomic E-state index is 5.68. The summed E-state index contributed by atoms with van der Waals surface area (Å²) in [5.74, 6) is 0.824. The van der Waals surface area contributed by atoms with Gasteiger partial charge in [0.05, 0.1) is 6.61 Å². The first kappa shape index (κ1) is 14.4. The van der Waals surface area contributed by atoms with E-state index in [1.165, 1.54) is 12.8 Å². The zero-order chi connectivity index (χ0) is 13.7. The van der Waals surface area contributed by atoms with E-state index in [9.17, 15) is 0 Å². The summed E-state index contributed by atoms with van der Waals surface area (Å²) in [6.07, 6.45) is 4.39. The quantitative estimate of drug-likeness (QED) is 0.578. The smallest absolute Gasteiger partial charge is 0.123 e. The van der Waals surface area contributed by atoms with Crippen LogP contribution < -0.4 is 5.73 Å². The number of aromatic nitrogens is 1. The molecule has 0 atom stereocenters. The molecule has 1 saturated carbocycles. The van der Waals surface area contributed by atoms with Gasteiger partial charge in [-0.25, -0.2) is 0 Å². The molecule has 0 saturated heterocycles. The molecular weight excluding hydrogens is 258 g/mol. The van der Waals surface area contributed by atoms with Gasteiger partial charge in [-0.1, -0.05) is 18.3 Å². The topological polar surface area (TPSA) is 51.4 Å². The highest BCUT2D eigenvalue weighted by molar-refractivity contribution is 7.80. The minimum absolute atomic E-state index is 0.356. The highest BCUT2D eigenvalue weighted by atomic mass is 32.1. The van der Waals surface area contributed by atoms with Crippen LogP contribution >= 0.6 is 12.2 Å². The van der Waals surface area contributed by atoms with Crippen molar-refractivity contribution in [1.29, 1.82) is 0 Å². The van der Waals surface area contributed by atoms with Gasteiger partial charge in [0.15, 0.2) is 0 Å². The second kappa shape index (κ2) is 6.93. The molecule has 0 aliphatic heterocycles. The van der Waals surface area contributed by atoms with E-state index in [0.29, 0.717) is 4.99 Å². The number of thiocarbonyl (C=S) groups is 1. The molecule has 0 radical (unpaired) electrons. The molecule has 1 aromatic rings. The second-order valence-electron chi connectivity index (χ2n) is 5.13. The molecule has 0 unspecified atom stereocenters. The molecule has 1 fully saturated rings. The van der Waals surface area contributed by atoms with Gasteiger partial charge < -0.3 is 10.5 Å². The molecule has 1 aliphatic carbocycles. The molecular formula is C14H21N3OS. The van der Waals surface area contributed by atoms with Crippen LogP contribution in [0.4, 0.5) is 0 Å². The summed E-state index contributed by atoms with van der Waals surface area (Å²) < 4.78 is 5.64. The predicted octanol–water partition coefficient (Wildman–Crippen LogP) is 1.57. The SMILES string of the molecule is CN(CCOCC1CC1)Cc1cccnc1C(N)=S. The number of nitrogens with two attached hydrogens (primary N) is 1. The van der Waals surface area contributed by atoms with E-state index < -0.39 is 0 Å². The van der Waals surface area contributed by atoms with Crippen LogP contribution in [0.5, 0.6) is 0 Å². The number of hydrogen-bond acceptors (Lipinski definition) is 4. The van der Waals surface area contributed by atoms with E-state index >= 15 is 0 Å². The Labute approximate surface area is 120 Å². The highest BCUT2D eigenvalue weighted by Crippen LogP contribution is 2.28. The Morgan fingerprint density at radius 3 is 3.05 bits per heavy atom. The third kappa shape index (κ3) is 4.86. The monoisotopic (exact) mass is 279 g/mol. The minimum Gasteiger partial charge on any atom is -0.388 e. The Bertz CT molecular complexity index is 434. The zero-order valence-corrected chi connectivity index (χ0v) is 12.2. The Balaban J connectivity index is 1.77. The van der Waals surface area contributed by atoms with Gasteiger partial charge >= 0.3 is 0 Å². The van der Waals surface area contributed by atoms with Crippen molar-refractivity contribution in [2.24, 2.45) is 11.7 Å². The molecule has 0 bridgehead atoms. The van der Waals surface area contributed by atoms with E-state index in [4.69, 9.17) is 22.7 Å². The van der Waals surface area contributed by atoms with Crippen LogP contribution in [0.15, 0.2) is 18.3 Å². The van der Waals surface area contributed by atoms with Crippen molar-refractivity contribution < 1.29 is 4.74 Å². The van der Waals surface area contributed by atoms with E-state index in [0.717, 1.165) is 43.5 Å². The summed E-state index contributed by atoms with van der Waals surface area (Å²) in [5, 5.41) is 0. The average Bonchev–Trinajstić information content (AvgIpc) is 3.19. The fraction of sp³-hybridized carbons (Fsp3) is 0.571. The van der Waals surface area contributed by atoms with Crippen molar-refractivity contribution in [2.45, 2.75) is 19.4 Å². The molecule has 2 N–H and O–H groups in total. The summed E-state index contributed by atoms with van der Waals surface area (Å²) in [6, 6.07) is 3.93. The van der Waals surface area contributed by atoms with Crippen LogP contribution in [0, 0.1) is 5.92 Å². The first-order valence-electron chi connectivity index (χ1n) is 6.67. The summed E-state index contributed by atoms with van der Waals surface area (Å²) in [4.78, 5) is 6.79. The van der Waals surface area contributed by atoms with E-state index in [-0.39, 0.29) is 0 Å². The second-order valence-corrected chi connectivity index (χ2v) is 5.57. The molecule has 19 heavy (non-hydrogen) atoms. The maximum Gasteiger partial charge on any atom is 0.123 e. The van der Waals surface area contributed by atoms with Gasteiger partial charge in [0, 0.05) is 25.9 Å². The van der Waals surface area contributed by atoms with Gasteiger partial charge in [0.1, 0.15) is 10.7 Å². The van der Waals surface area contributed by atoms with Crippen LogP contribution in [0.1, 0.15) is 24.1 Å². The molecule has 1 heterocycles. The lowest BCUT2D eigenvalue weighted by molar-refractivity contribution is 0.102. The number of hydrogen-bond donors (Lipinski definition) is 1. The molecule has 4 nitrogen and oxygen atoms in total. The van der Waals surface area contributed by atoms with Gasteiger partial charge in [0.25, 0.3) is 0 Å². The van der Waals surface area contributed by atoms with Crippen molar-refractivity contribution in [3.05, 3.63) is 29.6 Å². The van der Waals surface area contributed by atoms with E-state index in [1.807, 2.05) is 12.1 Å². The maximum absolute atomic E-state index is 5.68. The molecule has 0 aromatic carbocycles. The molecule has 0 spiro atoms. The number of rotatable bonds is 8. The number of likely N-dealkylation sites (N-methyl/N-ethyl adjacent to an activating group) is 1. The van der Waals surface area contributed by atoms with Gasteiger partial charge in [-0.3, -0.25) is 9.88 Å². The number of nitrogens with zero attached hydrogens (tertiary/aromatic N) is 2. The Morgan fingerprint density at radius 2 is 2.37 bits per heavy atom. The number of ether oxygens (including phenoxy) is 1. The van der Waals surface area contributed by atoms with Crippen LogP contribution in [0.25, 0.3) is 0 Å². The predicted molar refractivity (Wildman–Crippen MR) is 80.0 cm³/mol. The van der Waals surface area contributed by atoms with Crippen molar-refractivity contribution in [1.82, 2.24) is 9.88 Å². The lowest BCUT2D eigenvalue weighted by Gasteiger charge is -2.18. The van der Waals surface area contributed by atoms with Crippen molar-refractivity contribution in [2.75, 3.05) is 26.8 Å². The Kier molecular flexibility index (Phi) is 5.24. The van der Waals surface area contributed by atoms with Gasteiger partial charge in [-0.15, -0.1) is 0 Å². The highest BCUT2D eigenvalue weighted by Gasteiger charge is 2.21. The van der Waals surface area contributed by atoms with Crippen molar-refractivity contribution in [3.63, 3.8) is 0 Å². The summed E-state index contributed by atoms with van der Waals surface area (Å²) in [7, 11) is 2.07. The molecule has 0 amide bonds. The normalized spacial score (nSPS) is 14.8. The fourth-order valence-electron chi connectivity index (χ4n) is 1.91. The lowest BCUT2D eigenvalue weighted by atomic mass is 10.2. The summed E-state index contributed by atoms with van der Waals surface area (Å²) in [5.41, 5.74) is 7.47. The first-order valence-corrected chi connectivity index (χ1v) is 7.07. The Hall–Kier alpha value is -1.04. The minimum atomic E-state index is 0.356. The fourth-order valence-corrected chi connectivity index (χ4v) is 2.10. The van der Waals surface area contributed by atoms with Crippen LogP contribution in [0.3, 0.4) is 0 Å². The summed E-state index contributed by atoms with van der Waals surface area (Å²) in [6.45, 7) is 3.38. The lowest BCUT2D eigenvalue weighted by Crippen LogP contribution is -2.25. The summed E-state index contributed by atoms with van der Waals surface area (Å²) >= 11 is 5.02. The molecule has 1 aliphatic rings. The molecule has 2 rings (SSSR count). The third-order valence-corrected chi connectivity index (χ3v) is 3.43. The van der Waals surface area contributed by atoms with Crippen LogP contribution in [0.2, 0.25) is 0 Å². The van der Waals surface area contributed by atoms with Gasteiger partial charge in [-0.05, 0) is 37.4 Å². The number of pyridine rings is 1. The third-order valence-electron chi connectivity index (χ3n) is 3.23. The first-order chi connectivity index (χ1) is 9.16. The van der Waals surface area contributed by atoms with Crippen LogP contribution in [-0.4, -0.2) is 41.7 Å². The van der Waals surface area contributed by atoms with E-state index in [1.54, 1.807) is 6.20 Å². The van der Waals surface area contributed by atoms with Crippen molar-refractivity contribution >= 4 is 17.2 Å². The van der Waals surface area contributed by atoms with E-state index in [2.05, 4.69) is 16.9 Å². The Morgan fingerprint density at radius 1 is 1.58 bits per heavy atom. The average molecular weight is 279 g/mol. The van der Waals surface area contributed by atoms with Crippen LogP contribution in [-0.2, 0) is 11.3 Å². The molecule has 5 heteroatoms. The zero-order valence-electron chi connectivity index (χ0n) is 11.3. The molecule has 1 aromatic heterocycles.